The van der Waals surface area contributed by atoms with E-state index in [-0.39, 0.29) is 0 Å². The lowest BCUT2D eigenvalue weighted by atomic mass is 10.1. The maximum atomic E-state index is 5.61. The minimum Gasteiger partial charge on any atom is -0.381 e. The summed E-state index contributed by atoms with van der Waals surface area (Å²) in [5.41, 5.74) is 2.66. The molecule has 5 heteroatoms. The lowest BCUT2D eigenvalue weighted by molar-refractivity contribution is 0.108. The summed E-state index contributed by atoms with van der Waals surface area (Å²) in [4.78, 5) is 6.66. The van der Waals surface area contributed by atoms with Crippen LogP contribution in [0.3, 0.4) is 0 Å². The Morgan fingerprint density at radius 2 is 1.81 bits per heavy atom. The highest BCUT2D eigenvalue weighted by molar-refractivity contribution is 5.79. The highest BCUT2D eigenvalue weighted by atomic mass is 16.5. The molecule has 1 aromatic rings. The molecule has 5 nitrogen and oxygen atoms in total. The van der Waals surface area contributed by atoms with E-state index in [1.54, 1.807) is 0 Å². The first-order chi connectivity index (χ1) is 12.4. The minimum absolute atomic E-state index is 0.531. The standard InChI is InChI=1S/C21H38N4O/c1-17(2)16-26-13-9-12-23-21(22-5)24-14-19-10-7-8-11-20(19)15-25(6)18(3)4/h7-8,10-11,17-18H,9,12-16H2,1-6H3,(H2,22,23,24). The lowest BCUT2D eigenvalue weighted by Crippen LogP contribution is -2.38. The Kier molecular flexibility index (Phi) is 11.0. The predicted molar refractivity (Wildman–Crippen MR) is 112 cm³/mol. The Balaban J connectivity index is 2.41. The topological polar surface area (TPSA) is 48.9 Å². The number of nitrogens with zero attached hydrogens (tertiary/aromatic N) is 2. The van der Waals surface area contributed by atoms with E-state index >= 15 is 0 Å². The zero-order valence-electron chi connectivity index (χ0n) is 17.5. The molecular weight excluding hydrogens is 324 g/mol. The highest BCUT2D eigenvalue weighted by Crippen LogP contribution is 2.12. The van der Waals surface area contributed by atoms with Crippen LogP contribution in [-0.4, -0.2) is 50.8 Å². The summed E-state index contributed by atoms with van der Waals surface area (Å²) in [6.07, 6.45) is 0.975. The Labute approximate surface area is 160 Å². The van der Waals surface area contributed by atoms with E-state index in [0.717, 1.165) is 45.2 Å². The molecule has 1 rings (SSSR count). The van der Waals surface area contributed by atoms with Crippen LogP contribution in [0.4, 0.5) is 0 Å². The molecule has 0 aliphatic rings. The van der Waals surface area contributed by atoms with Crippen molar-refractivity contribution in [2.75, 3.05) is 33.9 Å². The highest BCUT2D eigenvalue weighted by Gasteiger charge is 2.08. The van der Waals surface area contributed by atoms with Gasteiger partial charge in [-0.3, -0.25) is 9.89 Å². The van der Waals surface area contributed by atoms with Gasteiger partial charge in [-0.1, -0.05) is 38.1 Å². The third-order valence-corrected chi connectivity index (χ3v) is 4.30. The van der Waals surface area contributed by atoms with Crippen LogP contribution in [-0.2, 0) is 17.8 Å². The van der Waals surface area contributed by atoms with Gasteiger partial charge in [-0.2, -0.15) is 0 Å². The fourth-order valence-electron chi connectivity index (χ4n) is 2.44. The third-order valence-electron chi connectivity index (χ3n) is 4.30. The summed E-state index contributed by atoms with van der Waals surface area (Å²) < 4.78 is 5.61. The van der Waals surface area contributed by atoms with E-state index in [9.17, 15) is 0 Å². The van der Waals surface area contributed by atoms with Gasteiger partial charge < -0.3 is 15.4 Å². The number of nitrogens with one attached hydrogen (secondary N) is 2. The molecule has 0 aliphatic carbocycles. The average molecular weight is 363 g/mol. The Morgan fingerprint density at radius 1 is 1.12 bits per heavy atom. The van der Waals surface area contributed by atoms with Crippen LogP contribution in [0.25, 0.3) is 0 Å². The first-order valence-electron chi connectivity index (χ1n) is 9.73. The van der Waals surface area contributed by atoms with Crippen molar-refractivity contribution in [3.8, 4) is 0 Å². The molecule has 0 saturated carbocycles. The maximum absolute atomic E-state index is 5.61. The summed E-state index contributed by atoms with van der Waals surface area (Å²) in [7, 11) is 3.97. The second-order valence-corrected chi connectivity index (χ2v) is 7.45. The SMILES string of the molecule is CN=C(NCCCOCC(C)C)NCc1ccccc1CN(C)C(C)C. The van der Waals surface area contributed by atoms with Gasteiger partial charge in [0.15, 0.2) is 5.96 Å². The largest absolute Gasteiger partial charge is 0.381 e. The number of guanidine groups is 1. The number of rotatable bonds is 11. The van der Waals surface area contributed by atoms with Gasteiger partial charge in [0.2, 0.25) is 0 Å². The molecule has 2 N–H and O–H groups in total. The summed E-state index contributed by atoms with van der Waals surface area (Å²) in [6, 6.07) is 9.13. The first kappa shape index (κ1) is 22.5. The van der Waals surface area contributed by atoms with Crippen molar-refractivity contribution in [1.82, 2.24) is 15.5 Å². The van der Waals surface area contributed by atoms with Gasteiger partial charge in [-0.05, 0) is 44.4 Å². The molecule has 0 aliphatic heterocycles. The van der Waals surface area contributed by atoms with E-state index < -0.39 is 0 Å². The van der Waals surface area contributed by atoms with E-state index in [1.807, 2.05) is 7.05 Å². The molecule has 0 heterocycles. The van der Waals surface area contributed by atoms with Gasteiger partial charge in [-0.15, -0.1) is 0 Å². The maximum Gasteiger partial charge on any atom is 0.191 e. The van der Waals surface area contributed by atoms with Gasteiger partial charge in [0.05, 0.1) is 0 Å². The number of hydrogen-bond acceptors (Lipinski definition) is 3. The van der Waals surface area contributed by atoms with E-state index in [4.69, 9.17) is 4.74 Å². The Morgan fingerprint density at radius 3 is 2.42 bits per heavy atom. The van der Waals surface area contributed by atoms with Crippen LogP contribution < -0.4 is 10.6 Å². The van der Waals surface area contributed by atoms with Gasteiger partial charge in [-0.25, -0.2) is 0 Å². The molecule has 26 heavy (non-hydrogen) atoms. The van der Waals surface area contributed by atoms with Crippen molar-refractivity contribution in [2.24, 2.45) is 10.9 Å². The van der Waals surface area contributed by atoms with Crippen molar-refractivity contribution in [1.29, 1.82) is 0 Å². The van der Waals surface area contributed by atoms with Crippen molar-refractivity contribution in [2.45, 2.75) is 53.2 Å². The normalized spacial score (nSPS) is 12.3. The second kappa shape index (κ2) is 12.7. The molecule has 0 amide bonds. The molecule has 0 bridgehead atoms. The van der Waals surface area contributed by atoms with Crippen LogP contribution in [0.5, 0.6) is 0 Å². The summed E-state index contributed by atoms with van der Waals surface area (Å²) in [6.45, 7) is 13.0. The second-order valence-electron chi connectivity index (χ2n) is 7.45. The number of aliphatic imine (C=N–C) groups is 1. The Hall–Kier alpha value is -1.59. The summed E-state index contributed by atoms with van der Waals surface area (Å²) >= 11 is 0. The van der Waals surface area contributed by atoms with Crippen molar-refractivity contribution in [3.63, 3.8) is 0 Å². The quantitative estimate of drug-likeness (QED) is 0.360. The van der Waals surface area contributed by atoms with Gasteiger partial charge in [0.1, 0.15) is 0 Å². The molecule has 148 valence electrons. The molecule has 1 aromatic carbocycles. The Bertz CT molecular complexity index is 528. The third kappa shape index (κ3) is 9.20. The van der Waals surface area contributed by atoms with Crippen LogP contribution in [0, 0.1) is 5.92 Å². The molecule has 0 atom stereocenters. The van der Waals surface area contributed by atoms with Crippen molar-refractivity contribution in [3.05, 3.63) is 35.4 Å². The zero-order valence-corrected chi connectivity index (χ0v) is 17.5. The fourth-order valence-corrected chi connectivity index (χ4v) is 2.44. The van der Waals surface area contributed by atoms with Crippen molar-refractivity contribution >= 4 is 5.96 Å². The molecule has 0 saturated heterocycles. The number of hydrogen-bond donors (Lipinski definition) is 2. The first-order valence-corrected chi connectivity index (χ1v) is 9.73. The van der Waals surface area contributed by atoms with Gasteiger partial charge in [0, 0.05) is 45.9 Å². The van der Waals surface area contributed by atoms with E-state index in [0.29, 0.717) is 12.0 Å². The predicted octanol–water partition coefficient (Wildman–Crippen LogP) is 3.25. The molecule has 0 unspecified atom stereocenters. The summed E-state index contributed by atoms with van der Waals surface area (Å²) in [5.74, 6) is 1.42. The molecule has 0 spiro atoms. The van der Waals surface area contributed by atoms with Gasteiger partial charge >= 0.3 is 0 Å². The number of benzene rings is 1. The van der Waals surface area contributed by atoms with Crippen LogP contribution >= 0.6 is 0 Å². The molecule has 0 radical (unpaired) electrons. The van der Waals surface area contributed by atoms with E-state index in [1.165, 1.54) is 11.1 Å². The monoisotopic (exact) mass is 362 g/mol. The lowest BCUT2D eigenvalue weighted by Gasteiger charge is -2.23. The number of ether oxygens (including phenoxy) is 1. The smallest absolute Gasteiger partial charge is 0.191 e. The van der Waals surface area contributed by atoms with Crippen molar-refractivity contribution < 1.29 is 4.74 Å². The zero-order chi connectivity index (χ0) is 19.4. The van der Waals surface area contributed by atoms with Crippen LogP contribution in [0.15, 0.2) is 29.3 Å². The minimum atomic E-state index is 0.531. The average Bonchev–Trinajstić information content (AvgIpc) is 2.61. The van der Waals surface area contributed by atoms with Crippen LogP contribution in [0.1, 0.15) is 45.2 Å². The van der Waals surface area contributed by atoms with E-state index in [2.05, 4.69) is 79.5 Å². The molecule has 0 fully saturated rings. The molecule has 0 aromatic heterocycles. The fraction of sp³-hybridized carbons (Fsp3) is 0.667. The molecular formula is C21H38N4O. The van der Waals surface area contributed by atoms with Gasteiger partial charge in [0.25, 0.3) is 0 Å². The van der Waals surface area contributed by atoms with Crippen LogP contribution in [0.2, 0.25) is 0 Å². The summed E-state index contributed by atoms with van der Waals surface area (Å²) in [5, 5.41) is 6.77.